The molecule has 136 valence electrons. The lowest BCUT2D eigenvalue weighted by molar-refractivity contribution is -0.129. The summed E-state index contributed by atoms with van der Waals surface area (Å²) in [5.41, 5.74) is 1.12. The largest absolute Gasteiger partial charge is 0.347 e. The monoisotopic (exact) mass is 346 g/mol. The van der Waals surface area contributed by atoms with Crippen LogP contribution in [0.3, 0.4) is 0 Å². The second-order valence-electron chi connectivity index (χ2n) is 6.46. The number of rotatable bonds is 7. The standard InChI is InChI=1S/C18H26N4O3/c1-4-11-22(12-16(23)21(2)3)17(24)13-5-7-14(8-6-13)19-18(25)20-15-9-10-15/h5-8,15H,4,9-12H2,1-3H3,(H2,19,20,25). The summed E-state index contributed by atoms with van der Waals surface area (Å²) in [6.45, 7) is 2.54. The van der Waals surface area contributed by atoms with Crippen molar-refractivity contribution in [3.63, 3.8) is 0 Å². The van der Waals surface area contributed by atoms with Gasteiger partial charge in [-0.05, 0) is 43.5 Å². The summed E-state index contributed by atoms with van der Waals surface area (Å²) >= 11 is 0. The lowest BCUT2D eigenvalue weighted by Crippen LogP contribution is -2.40. The van der Waals surface area contributed by atoms with Crippen LogP contribution in [0.1, 0.15) is 36.5 Å². The maximum atomic E-state index is 12.6. The van der Waals surface area contributed by atoms with Gasteiger partial charge in [-0.25, -0.2) is 4.79 Å². The highest BCUT2D eigenvalue weighted by molar-refractivity contribution is 5.97. The zero-order chi connectivity index (χ0) is 18.4. The molecule has 0 atom stereocenters. The Balaban J connectivity index is 1.98. The van der Waals surface area contributed by atoms with E-state index in [9.17, 15) is 14.4 Å². The Morgan fingerprint density at radius 1 is 1.12 bits per heavy atom. The minimum atomic E-state index is -0.231. The highest BCUT2D eigenvalue weighted by atomic mass is 16.2. The van der Waals surface area contributed by atoms with Gasteiger partial charge >= 0.3 is 6.03 Å². The molecule has 0 aliphatic heterocycles. The first-order chi connectivity index (χ1) is 11.9. The van der Waals surface area contributed by atoms with E-state index in [4.69, 9.17) is 0 Å². The van der Waals surface area contributed by atoms with Gasteiger partial charge in [-0.15, -0.1) is 0 Å². The predicted octanol–water partition coefficient (Wildman–Crippen LogP) is 1.91. The number of benzene rings is 1. The van der Waals surface area contributed by atoms with E-state index in [1.807, 2.05) is 6.92 Å². The van der Waals surface area contributed by atoms with Crippen LogP contribution in [0, 0.1) is 0 Å². The van der Waals surface area contributed by atoms with Crippen molar-refractivity contribution < 1.29 is 14.4 Å². The molecule has 0 bridgehead atoms. The van der Waals surface area contributed by atoms with Gasteiger partial charge in [-0.2, -0.15) is 0 Å². The van der Waals surface area contributed by atoms with Crippen molar-refractivity contribution in [3.8, 4) is 0 Å². The molecule has 0 aromatic heterocycles. The van der Waals surface area contributed by atoms with E-state index in [0.717, 1.165) is 19.3 Å². The van der Waals surface area contributed by atoms with E-state index in [-0.39, 0.29) is 30.4 Å². The first-order valence-electron chi connectivity index (χ1n) is 8.57. The summed E-state index contributed by atoms with van der Waals surface area (Å²) in [5.74, 6) is -0.303. The van der Waals surface area contributed by atoms with Crippen LogP contribution < -0.4 is 10.6 Å². The van der Waals surface area contributed by atoms with Crippen molar-refractivity contribution in [1.82, 2.24) is 15.1 Å². The minimum Gasteiger partial charge on any atom is -0.347 e. The van der Waals surface area contributed by atoms with E-state index in [0.29, 0.717) is 17.8 Å². The van der Waals surface area contributed by atoms with Crippen molar-refractivity contribution >= 4 is 23.5 Å². The van der Waals surface area contributed by atoms with Crippen molar-refractivity contribution in [3.05, 3.63) is 29.8 Å². The molecular weight excluding hydrogens is 320 g/mol. The molecule has 0 unspecified atom stereocenters. The summed E-state index contributed by atoms with van der Waals surface area (Å²) in [5, 5.41) is 5.58. The Morgan fingerprint density at radius 3 is 2.28 bits per heavy atom. The summed E-state index contributed by atoms with van der Waals surface area (Å²) in [6.07, 6.45) is 2.83. The number of likely N-dealkylation sites (N-methyl/N-ethyl adjacent to an activating group) is 1. The van der Waals surface area contributed by atoms with Crippen LogP contribution >= 0.6 is 0 Å². The second-order valence-corrected chi connectivity index (χ2v) is 6.46. The van der Waals surface area contributed by atoms with E-state index < -0.39 is 0 Å². The number of carbonyl (C=O) groups excluding carboxylic acids is 3. The molecule has 0 spiro atoms. The fourth-order valence-corrected chi connectivity index (χ4v) is 2.29. The third kappa shape index (κ3) is 5.77. The van der Waals surface area contributed by atoms with Gasteiger partial charge in [0, 0.05) is 37.9 Å². The fraction of sp³-hybridized carbons (Fsp3) is 0.500. The predicted molar refractivity (Wildman–Crippen MR) is 96.5 cm³/mol. The summed E-state index contributed by atoms with van der Waals surface area (Å²) in [6, 6.07) is 6.77. The molecule has 2 rings (SSSR count). The third-order valence-corrected chi connectivity index (χ3v) is 3.91. The third-order valence-electron chi connectivity index (χ3n) is 3.91. The van der Waals surface area contributed by atoms with Gasteiger partial charge in [0.25, 0.3) is 5.91 Å². The molecule has 7 heteroatoms. The van der Waals surface area contributed by atoms with Crippen molar-refractivity contribution in [2.24, 2.45) is 0 Å². The van der Waals surface area contributed by atoms with Crippen molar-refractivity contribution in [1.29, 1.82) is 0 Å². The van der Waals surface area contributed by atoms with Crippen LogP contribution in [0.2, 0.25) is 0 Å². The summed E-state index contributed by atoms with van der Waals surface area (Å²) < 4.78 is 0. The molecule has 1 saturated carbocycles. The number of anilines is 1. The Bertz CT molecular complexity index is 624. The second kappa shape index (κ2) is 8.50. The Hall–Kier alpha value is -2.57. The van der Waals surface area contributed by atoms with Gasteiger partial charge in [0.1, 0.15) is 6.54 Å². The topological polar surface area (TPSA) is 81.8 Å². The van der Waals surface area contributed by atoms with Crippen LogP contribution in [-0.2, 0) is 4.79 Å². The molecule has 25 heavy (non-hydrogen) atoms. The Labute approximate surface area is 148 Å². The van der Waals surface area contributed by atoms with Crippen LogP contribution in [-0.4, -0.2) is 60.9 Å². The maximum absolute atomic E-state index is 12.6. The van der Waals surface area contributed by atoms with E-state index in [1.165, 1.54) is 4.90 Å². The molecule has 4 amide bonds. The number of carbonyl (C=O) groups is 3. The number of nitrogens with zero attached hydrogens (tertiary/aromatic N) is 2. The lowest BCUT2D eigenvalue weighted by atomic mass is 10.1. The van der Waals surface area contributed by atoms with Crippen LogP contribution in [0.4, 0.5) is 10.5 Å². The average Bonchev–Trinajstić information content (AvgIpc) is 3.38. The van der Waals surface area contributed by atoms with Crippen LogP contribution in [0.5, 0.6) is 0 Å². The van der Waals surface area contributed by atoms with Gasteiger partial charge in [-0.3, -0.25) is 9.59 Å². The Kier molecular flexibility index (Phi) is 6.38. The van der Waals surface area contributed by atoms with Crippen LogP contribution in [0.15, 0.2) is 24.3 Å². The smallest absolute Gasteiger partial charge is 0.319 e. The normalized spacial score (nSPS) is 13.1. The Morgan fingerprint density at radius 2 is 1.76 bits per heavy atom. The number of nitrogens with one attached hydrogen (secondary N) is 2. The van der Waals surface area contributed by atoms with Gasteiger partial charge in [0.15, 0.2) is 0 Å². The molecule has 0 radical (unpaired) electrons. The fourth-order valence-electron chi connectivity index (χ4n) is 2.29. The highest BCUT2D eigenvalue weighted by Crippen LogP contribution is 2.19. The lowest BCUT2D eigenvalue weighted by Gasteiger charge is -2.23. The molecule has 1 fully saturated rings. The molecule has 7 nitrogen and oxygen atoms in total. The maximum Gasteiger partial charge on any atom is 0.319 e. The zero-order valence-corrected chi connectivity index (χ0v) is 15.0. The molecule has 1 aliphatic carbocycles. The van der Waals surface area contributed by atoms with Gasteiger partial charge in [0.05, 0.1) is 0 Å². The molecule has 1 aliphatic rings. The first kappa shape index (κ1) is 18.8. The van der Waals surface area contributed by atoms with Gasteiger partial charge < -0.3 is 20.4 Å². The van der Waals surface area contributed by atoms with Gasteiger partial charge in [0.2, 0.25) is 5.91 Å². The number of amides is 4. The van der Waals surface area contributed by atoms with E-state index in [1.54, 1.807) is 43.3 Å². The first-order valence-corrected chi connectivity index (χ1v) is 8.57. The molecule has 1 aromatic rings. The average molecular weight is 346 g/mol. The zero-order valence-electron chi connectivity index (χ0n) is 15.0. The molecule has 0 saturated heterocycles. The summed E-state index contributed by atoms with van der Waals surface area (Å²) in [7, 11) is 3.34. The van der Waals surface area contributed by atoms with Crippen molar-refractivity contribution in [2.45, 2.75) is 32.2 Å². The minimum absolute atomic E-state index is 0.0590. The number of hydrogen-bond acceptors (Lipinski definition) is 3. The van der Waals surface area contributed by atoms with Crippen LogP contribution in [0.25, 0.3) is 0 Å². The summed E-state index contributed by atoms with van der Waals surface area (Å²) in [4.78, 5) is 39.3. The molecule has 0 heterocycles. The molecular formula is C18H26N4O3. The van der Waals surface area contributed by atoms with E-state index in [2.05, 4.69) is 10.6 Å². The van der Waals surface area contributed by atoms with Gasteiger partial charge in [-0.1, -0.05) is 6.92 Å². The van der Waals surface area contributed by atoms with Crippen molar-refractivity contribution in [2.75, 3.05) is 32.5 Å². The number of hydrogen-bond donors (Lipinski definition) is 2. The number of urea groups is 1. The van der Waals surface area contributed by atoms with E-state index >= 15 is 0 Å². The molecule has 1 aromatic carbocycles. The molecule has 2 N–H and O–H groups in total. The highest BCUT2D eigenvalue weighted by Gasteiger charge is 2.23. The quantitative estimate of drug-likeness (QED) is 0.791. The SMILES string of the molecule is CCCN(CC(=O)N(C)C)C(=O)c1ccc(NC(=O)NC2CC2)cc1.